The Morgan fingerprint density at radius 3 is 2.50 bits per heavy atom. The number of carbonyl (C=O) groups is 1. The summed E-state index contributed by atoms with van der Waals surface area (Å²) < 4.78 is 0. The molecule has 1 aromatic heterocycles. The second-order valence-corrected chi connectivity index (χ2v) is 4.04. The number of nitrogens with zero attached hydrogens (tertiary/aromatic N) is 2. The van der Waals surface area contributed by atoms with E-state index < -0.39 is 0 Å². The predicted molar refractivity (Wildman–Crippen MR) is 63.0 cm³/mol. The molecule has 1 unspecified atom stereocenters. The van der Waals surface area contributed by atoms with Crippen molar-refractivity contribution in [3.63, 3.8) is 0 Å². The van der Waals surface area contributed by atoms with Gasteiger partial charge in [0.15, 0.2) is 0 Å². The lowest BCUT2D eigenvalue weighted by Crippen LogP contribution is -2.20. The van der Waals surface area contributed by atoms with Crippen LogP contribution >= 0.6 is 0 Å². The number of aryl methyl sites for hydroxylation is 2. The van der Waals surface area contributed by atoms with Crippen LogP contribution in [-0.4, -0.2) is 21.9 Å². The highest BCUT2D eigenvalue weighted by Crippen LogP contribution is 2.05. The molecule has 0 aromatic carbocycles. The van der Waals surface area contributed by atoms with Gasteiger partial charge in [-0.05, 0) is 33.3 Å². The molecule has 0 aliphatic heterocycles. The molecule has 0 bridgehead atoms. The summed E-state index contributed by atoms with van der Waals surface area (Å²) in [6.45, 7) is 5.61. The Hall–Kier alpha value is -1.49. The number of aromatic nitrogens is 2. The molecule has 0 aliphatic rings. The van der Waals surface area contributed by atoms with Gasteiger partial charge in [0.05, 0.1) is 0 Å². The Morgan fingerprint density at radius 2 is 2.00 bits per heavy atom. The fraction of sp³-hybridized carbons (Fsp3) is 0.545. The number of amides is 1. The quantitative estimate of drug-likeness (QED) is 0.801. The maximum absolute atomic E-state index is 11.5. The minimum atomic E-state index is -0.0951. The molecule has 5 nitrogen and oxygen atoms in total. The van der Waals surface area contributed by atoms with Gasteiger partial charge in [0.1, 0.15) is 0 Å². The van der Waals surface area contributed by atoms with E-state index in [-0.39, 0.29) is 11.9 Å². The lowest BCUT2D eigenvalue weighted by molar-refractivity contribution is -0.116. The summed E-state index contributed by atoms with van der Waals surface area (Å²) in [5.74, 6) is 0.273. The molecular weight excluding hydrogens is 204 g/mol. The second kappa shape index (κ2) is 5.55. The topological polar surface area (TPSA) is 80.9 Å². The smallest absolute Gasteiger partial charge is 0.229 e. The molecule has 1 atom stereocenters. The minimum Gasteiger partial charge on any atom is -0.328 e. The summed E-state index contributed by atoms with van der Waals surface area (Å²) in [5, 5.41) is 2.66. The summed E-state index contributed by atoms with van der Waals surface area (Å²) in [6, 6.07) is 1.89. The highest BCUT2D eigenvalue weighted by molar-refractivity contribution is 5.88. The van der Waals surface area contributed by atoms with Gasteiger partial charge in [0.2, 0.25) is 11.9 Å². The number of carbonyl (C=O) groups excluding carboxylic acids is 1. The number of hydrogen-bond acceptors (Lipinski definition) is 4. The number of anilines is 1. The third kappa shape index (κ3) is 4.35. The molecule has 0 spiro atoms. The van der Waals surface area contributed by atoms with Crippen molar-refractivity contribution in [3.05, 3.63) is 17.5 Å². The lowest BCUT2D eigenvalue weighted by Gasteiger charge is -2.06. The molecule has 0 saturated heterocycles. The van der Waals surface area contributed by atoms with E-state index in [1.807, 2.05) is 26.8 Å². The summed E-state index contributed by atoms with van der Waals surface area (Å²) in [7, 11) is 0. The van der Waals surface area contributed by atoms with Gasteiger partial charge < -0.3 is 5.73 Å². The molecule has 0 saturated carbocycles. The molecule has 1 aromatic rings. The van der Waals surface area contributed by atoms with E-state index in [1.165, 1.54) is 0 Å². The third-order valence-corrected chi connectivity index (χ3v) is 2.06. The molecule has 88 valence electrons. The Kier molecular flexibility index (Phi) is 4.37. The van der Waals surface area contributed by atoms with Crippen LogP contribution in [0.2, 0.25) is 0 Å². The largest absolute Gasteiger partial charge is 0.328 e. The average Bonchev–Trinajstić information content (AvgIpc) is 2.12. The van der Waals surface area contributed by atoms with Crippen LogP contribution in [0.15, 0.2) is 6.07 Å². The molecular formula is C11H18N4O. The van der Waals surface area contributed by atoms with Gasteiger partial charge in [-0.1, -0.05) is 0 Å². The number of nitrogens with two attached hydrogens (primary N) is 1. The Bertz CT molecular complexity index is 356. The Labute approximate surface area is 95.5 Å². The molecule has 16 heavy (non-hydrogen) atoms. The van der Waals surface area contributed by atoms with Crippen LogP contribution in [0.4, 0.5) is 5.95 Å². The van der Waals surface area contributed by atoms with Crippen molar-refractivity contribution in [1.82, 2.24) is 9.97 Å². The first kappa shape index (κ1) is 12.6. The highest BCUT2D eigenvalue weighted by atomic mass is 16.1. The standard InChI is InChI=1S/C11H18N4O/c1-7(12)4-5-10(16)15-11-13-8(2)6-9(3)14-11/h6-7H,4-5,12H2,1-3H3,(H,13,14,15,16). The number of nitrogens with one attached hydrogen (secondary N) is 1. The fourth-order valence-electron chi connectivity index (χ4n) is 1.33. The lowest BCUT2D eigenvalue weighted by atomic mass is 10.2. The maximum Gasteiger partial charge on any atom is 0.229 e. The van der Waals surface area contributed by atoms with Crippen LogP contribution < -0.4 is 11.1 Å². The first-order chi connectivity index (χ1) is 7.47. The third-order valence-electron chi connectivity index (χ3n) is 2.06. The van der Waals surface area contributed by atoms with Crippen LogP contribution in [0.1, 0.15) is 31.2 Å². The Balaban J connectivity index is 2.56. The molecule has 0 aliphatic carbocycles. The van der Waals surface area contributed by atoms with Gasteiger partial charge in [-0.25, -0.2) is 9.97 Å². The van der Waals surface area contributed by atoms with Crippen LogP contribution in [0.25, 0.3) is 0 Å². The summed E-state index contributed by atoms with van der Waals surface area (Å²) in [5.41, 5.74) is 7.26. The van der Waals surface area contributed by atoms with Crippen molar-refractivity contribution in [2.75, 3.05) is 5.32 Å². The van der Waals surface area contributed by atoms with Crippen molar-refractivity contribution in [1.29, 1.82) is 0 Å². The van der Waals surface area contributed by atoms with E-state index in [4.69, 9.17) is 5.73 Å². The van der Waals surface area contributed by atoms with Gasteiger partial charge in [0.25, 0.3) is 0 Å². The van der Waals surface area contributed by atoms with Gasteiger partial charge in [-0.2, -0.15) is 0 Å². The van der Waals surface area contributed by atoms with Crippen molar-refractivity contribution in [2.24, 2.45) is 5.73 Å². The Morgan fingerprint density at radius 1 is 1.44 bits per heavy atom. The van der Waals surface area contributed by atoms with Gasteiger partial charge >= 0.3 is 0 Å². The molecule has 0 fully saturated rings. The van der Waals surface area contributed by atoms with Crippen molar-refractivity contribution >= 4 is 11.9 Å². The van der Waals surface area contributed by atoms with Crippen molar-refractivity contribution in [2.45, 2.75) is 39.7 Å². The first-order valence-electron chi connectivity index (χ1n) is 5.35. The van der Waals surface area contributed by atoms with E-state index >= 15 is 0 Å². The highest BCUT2D eigenvalue weighted by Gasteiger charge is 2.06. The fourth-order valence-corrected chi connectivity index (χ4v) is 1.33. The minimum absolute atomic E-state index is 0.0333. The van der Waals surface area contributed by atoms with Gasteiger partial charge in [-0.15, -0.1) is 0 Å². The molecule has 1 amide bonds. The normalized spacial score (nSPS) is 12.2. The second-order valence-electron chi connectivity index (χ2n) is 4.04. The van der Waals surface area contributed by atoms with E-state index in [9.17, 15) is 4.79 Å². The number of rotatable bonds is 4. The van der Waals surface area contributed by atoms with E-state index in [0.717, 1.165) is 11.4 Å². The van der Waals surface area contributed by atoms with Crippen LogP contribution in [0, 0.1) is 13.8 Å². The molecule has 3 N–H and O–H groups in total. The van der Waals surface area contributed by atoms with Crippen molar-refractivity contribution in [3.8, 4) is 0 Å². The van der Waals surface area contributed by atoms with E-state index in [2.05, 4.69) is 15.3 Å². The summed E-state index contributed by atoms with van der Waals surface area (Å²) in [4.78, 5) is 19.7. The van der Waals surface area contributed by atoms with Gasteiger partial charge in [0, 0.05) is 23.9 Å². The predicted octanol–water partition coefficient (Wildman–Crippen LogP) is 1.16. The zero-order valence-corrected chi connectivity index (χ0v) is 9.95. The van der Waals surface area contributed by atoms with E-state index in [1.54, 1.807) is 0 Å². The maximum atomic E-state index is 11.5. The SMILES string of the molecule is Cc1cc(C)nc(NC(=O)CCC(C)N)n1. The molecule has 0 radical (unpaired) electrons. The van der Waals surface area contributed by atoms with Gasteiger partial charge in [-0.3, -0.25) is 10.1 Å². The zero-order valence-electron chi connectivity index (χ0n) is 9.95. The first-order valence-corrected chi connectivity index (χ1v) is 5.35. The van der Waals surface area contributed by atoms with Crippen molar-refractivity contribution < 1.29 is 4.79 Å². The van der Waals surface area contributed by atoms with E-state index in [0.29, 0.717) is 18.8 Å². The summed E-state index contributed by atoms with van der Waals surface area (Å²) >= 11 is 0. The summed E-state index contributed by atoms with van der Waals surface area (Å²) in [6.07, 6.45) is 1.06. The average molecular weight is 222 g/mol. The van der Waals surface area contributed by atoms with Crippen LogP contribution in [-0.2, 0) is 4.79 Å². The molecule has 1 heterocycles. The zero-order chi connectivity index (χ0) is 12.1. The van der Waals surface area contributed by atoms with Crippen LogP contribution in [0.3, 0.4) is 0 Å². The number of hydrogen-bond donors (Lipinski definition) is 2. The van der Waals surface area contributed by atoms with Crippen LogP contribution in [0.5, 0.6) is 0 Å². The molecule has 1 rings (SSSR count). The monoisotopic (exact) mass is 222 g/mol. The molecule has 5 heteroatoms.